The highest BCUT2D eigenvalue weighted by Gasteiger charge is 2.44. The van der Waals surface area contributed by atoms with Gasteiger partial charge >= 0.3 is 12.2 Å². The van der Waals surface area contributed by atoms with Crippen LogP contribution in [0.15, 0.2) is 36.4 Å². The van der Waals surface area contributed by atoms with Crippen LogP contribution in [0.2, 0.25) is 0 Å². The number of hydrogen-bond acceptors (Lipinski definition) is 3. The number of likely N-dealkylation sites (tertiary alicyclic amines) is 1. The molecule has 1 aromatic rings. The van der Waals surface area contributed by atoms with Crippen molar-refractivity contribution in [3.05, 3.63) is 47.5 Å². The molecule has 0 radical (unpaired) electrons. The van der Waals surface area contributed by atoms with Crippen molar-refractivity contribution in [3.63, 3.8) is 0 Å². The lowest BCUT2D eigenvalue weighted by Gasteiger charge is -2.39. The fourth-order valence-electron chi connectivity index (χ4n) is 4.11. The zero-order valence-corrected chi connectivity index (χ0v) is 17.7. The van der Waals surface area contributed by atoms with Crippen molar-refractivity contribution < 1.29 is 31.5 Å². The molecule has 2 amide bonds. The van der Waals surface area contributed by atoms with Crippen molar-refractivity contribution in [3.8, 4) is 0 Å². The van der Waals surface area contributed by atoms with Gasteiger partial charge < -0.3 is 20.3 Å². The Labute approximate surface area is 184 Å². The van der Waals surface area contributed by atoms with E-state index in [-0.39, 0.29) is 38.1 Å². The van der Waals surface area contributed by atoms with Crippen molar-refractivity contribution in [1.29, 1.82) is 0 Å². The average molecular weight is 461 g/mol. The summed E-state index contributed by atoms with van der Waals surface area (Å²) in [5.74, 6) is -4.33. The summed E-state index contributed by atoms with van der Waals surface area (Å²) < 4.78 is 73.6. The number of carbonyl (C=O) groups is 1. The second-order valence-corrected chi connectivity index (χ2v) is 8.37. The van der Waals surface area contributed by atoms with Crippen LogP contribution >= 0.6 is 0 Å². The third-order valence-electron chi connectivity index (χ3n) is 6.07. The van der Waals surface area contributed by atoms with Gasteiger partial charge in [0, 0.05) is 44.2 Å². The molecule has 2 N–H and O–H groups in total. The minimum Gasteiger partial charge on any atom is -0.372 e. The number of nitrogens with two attached hydrogens (primary N) is 1. The Morgan fingerprint density at radius 2 is 1.56 bits per heavy atom. The summed E-state index contributed by atoms with van der Waals surface area (Å²) in [4.78, 5) is 16.2. The molecule has 0 aromatic heterocycles. The molecule has 0 saturated carbocycles. The number of urea groups is 1. The number of benzene rings is 1. The molecule has 0 unspecified atom stereocenters. The second kappa shape index (κ2) is 9.74. The quantitative estimate of drug-likeness (QED) is 0.541. The van der Waals surface area contributed by atoms with E-state index < -0.39 is 29.1 Å². The zero-order chi connectivity index (χ0) is 23.5. The van der Waals surface area contributed by atoms with E-state index in [4.69, 9.17) is 10.5 Å². The molecule has 0 aliphatic carbocycles. The maximum absolute atomic E-state index is 15.0. The van der Waals surface area contributed by atoms with E-state index in [1.54, 1.807) is 9.80 Å². The number of nitrogens with zero attached hydrogens (tertiary/aromatic N) is 2. The molecule has 2 aliphatic rings. The van der Waals surface area contributed by atoms with Crippen molar-refractivity contribution >= 4 is 6.03 Å². The monoisotopic (exact) mass is 461 g/mol. The summed E-state index contributed by atoms with van der Waals surface area (Å²) in [6, 6.07) is 2.79. The van der Waals surface area contributed by atoms with Gasteiger partial charge in [0.15, 0.2) is 0 Å². The van der Waals surface area contributed by atoms with E-state index in [1.165, 1.54) is 0 Å². The standard InChI is InChI=1S/C22H28F5N3O2/c1-15-13-30(11-8-19(12-28)32-14-15)20(31)29-9-6-17(7-10-29)21(23,24)16-2-4-18(5-3-16)22(25,26)27/h2-5,17,19H,1,6-14,28H2/t19-/m0/s1. The molecule has 10 heteroatoms. The molecule has 2 fully saturated rings. The van der Waals surface area contributed by atoms with E-state index >= 15 is 0 Å². The van der Waals surface area contributed by atoms with Crippen LogP contribution in [0.25, 0.3) is 0 Å². The van der Waals surface area contributed by atoms with Crippen molar-refractivity contribution in [1.82, 2.24) is 9.80 Å². The number of carbonyl (C=O) groups excluding carboxylic acids is 1. The number of hydrogen-bond donors (Lipinski definition) is 1. The van der Waals surface area contributed by atoms with Crippen LogP contribution in [0.5, 0.6) is 0 Å². The molecule has 2 heterocycles. The average Bonchev–Trinajstić information content (AvgIpc) is 2.75. The lowest BCUT2D eigenvalue weighted by atomic mass is 9.86. The number of rotatable bonds is 3. The summed E-state index contributed by atoms with van der Waals surface area (Å²) >= 11 is 0. The number of ether oxygens (including phenoxy) is 1. The maximum atomic E-state index is 15.0. The Balaban J connectivity index is 1.61. The topological polar surface area (TPSA) is 58.8 Å². The van der Waals surface area contributed by atoms with Gasteiger partial charge in [-0.3, -0.25) is 0 Å². The summed E-state index contributed by atoms with van der Waals surface area (Å²) in [6.07, 6.45) is -4.05. The molecule has 2 aliphatic heterocycles. The van der Waals surface area contributed by atoms with Crippen LogP contribution in [0.3, 0.4) is 0 Å². The summed E-state index contributed by atoms with van der Waals surface area (Å²) in [5.41, 5.74) is 5.00. The van der Waals surface area contributed by atoms with Gasteiger partial charge in [-0.25, -0.2) is 13.6 Å². The summed E-state index contributed by atoms with van der Waals surface area (Å²) in [7, 11) is 0. The Kier molecular flexibility index (Phi) is 7.44. The molecular weight excluding hydrogens is 433 g/mol. The van der Waals surface area contributed by atoms with Crippen molar-refractivity contribution in [2.75, 3.05) is 39.3 Å². The molecule has 5 nitrogen and oxygen atoms in total. The molecule has 1 aromatic carbocycles. The number of piperidine rings is 1. The Morgan fingerprint density at radius 1 is 1.00 bits per heavy atom. The third kappa shape index (κ3) is 5.58. The predicted molar refractivity (Wildman–Crippen MR) is 109 cm³/mol. The van der Waals surface area contributed by atoms with Crippen molar-refractivity contribution in [2.24, 2.45) is 11.7 Å². The van der Waals surface area contributed by atoms with Gasteiger partial charge in [0.05, 0.1) is 18.3 Å². The van der Waals surface area contributed by atoms with E-state index in [0.29, 0.717) is 44.8 Å². The van der Waals surface area contributed by atoms with Crippen molar-refractivity contribution in [2.45, 2.75) is 37.5 Å². The Bertz CT molecular complexity index is 805. The van der Waals surface area contributed by atoms with E-state index in [1.807, 2.05) is 0 Å². The van der Waals surface area contributed by atoms with Gasteiger partial charge in [0.25, 0.3) is 5.92 Å². The molecule has 0 spiro atoms. The lowest BCUT2D eigenvalue weighted by molar-refractivity contribution is -0.137. The largest absolute Gasteiger partial charge is 0.416 e. The molecular formula is C22H28F5N3O2. The summed E-state index contributed by atoms with van der Waals surface area (Å²) in [5, 5.41) is 0. The normalized spacial score (nSPS) is 21.9. The number of halogens is 5. The molecule has 32 heavy (non-hydrogen) atoms. The summed E-state index contributed by atoms with van der Waals surface area (Å²) in [6.45, 7) is 5.63. The minimum atomic E-state index is -4.58. The van der Waals surface area contributed by atoms with E-state index in [9.17, 15) is 26.7 Å². The van der Waals surface area contributed by atoms with E-state index in [2.05, 4.69) is 6.58 Å². The van der Waals surface area contributed by atoms with Crippen LogP contribution in [-0.2, 0) is 16.8 Å². The number of amides is 2. The minimum absolute atomic E-state index is 0.0586. The zero-order valence-electron chi connectivity index (χ0n) is 17.7. The van der Waals surface area contributed by atoms with Crippen LogP contribution in [-0.4, -0.2) is 61.3 Å². The highest BCUT2D eigenvalue weighted by atomic mass is 19.4. The predicted octanol–water partition coefficient (Wildman–Crippen LogP) is 4.24. The SMILES string of the molecule is C=C1CO[C@H](CN)CCN(C(=O)N2CCC(C(F)(F)c3ccc(C(F)(F)F)cc3)CC2)C1. The maximum Gasteiger partial charge on any atom is 0.416 e. The van der Waals surface area contributed by atoms with Gasteiger partial charge in [0.1, 0.15) is 0 Å². The van der Waals surface area contributed by atoms with Gasteiger partial charge in [-0.15, -0.1) is 0 Å². The molecule has 3 rings (SSSR count). The van der Waals surface area contributed by atoms with Crippen LogP contribution in [0.1, 0.15) is 30.4 Å². The molecule has 178 valence electrons. The van der Waals surface area contributed by atoms with Crippen LogP contribution < -0.4 is 5.73 Å². The first-order valence-corrected chi connectivity index (χ1v) is 10.6. The van der Waals surface area contributed by atoms with Gasteiger partial charge in [-0.05, 0) is 37.0 Å². The first-order valence-electron chi connectivity index (χ1n) is 10.6. The van der Waals surface area contributed by atoms with Crippen LogP contribution in [0.4, 0.5) is 26.7 Å². The number of alkyl halides is 5. The van der Waals surface area contributed by atoms with Gasteiger partial charge in [-0.1, -0.05) is 18.7 Å². The Hall–Kier alpha value is -2.20. The second-order valence-electron chi connectivity index (χ2n) is 8.37. The molecule has 0 bridgehead atoms. The van der Waals surface area contributed by atoms with Gasteiger partial charge in [0.2, 0.25) is 0 Å². The first kappa shape index (κ1) is 24.4. The Morgan fingerprint density at radius 3 is 2.12 bits per heavy atom. The highest BCUT2D eigenvalue weighted by Crippen LogP contribution is 2.42. The van der Waals surface area contributed by atoms with Gasteiger partial charge in [-0.2, -0.15) is 13.2 Å². The first-order chi connectivity index (χ1) is 15.0. The molecule has 1 atom stereocenters. The molecule has 2 saturated heterocycles. The highest BCUT2D eigenvalue weighted by molar-refractivity contribution is 5.75. The fourth-order valence-corrected chi connectivity index (χ4v) is 4.11. The smallest absolute Gasteiger partial charge is 0.372 e. The third-order valence-corrected chi connectivity index (χ3v) is 6.07. The lowest BCUT2D eigenvalue weighted by Crippen LogP contribution is -2.50. The fraction of sp³-hybridized carbons (Fsp3) is 0.591. The van der Waals surface area contributed by atoms with E-state index in [0.717, 1.165) is 17.7 Å². The van der Waals surface area contributed by atoms with Crippen LogP contribution in [0, 0.1) is 5.92 Å².